The molecule has 0 aliphatic heterocycles. The fourth-order valence-electron chi connectivity index (χ4n) is 1.94. The first-order valence-corrected chi connectivity index (χ1v) is 9.41. The third-order valence-corrected chi connectivity index (χ3v) is 5.71. The van der Waals surface area contributed by atoms with Gasteiger partial charge >= 0.3 is 0 Å². The van der Waals surface area contributed by atoms with Gasteiger partial charge in [-0.05, 0) is 43.8 Å². The summed E-state index contributed by atoms with van der Waals surface area (Å²) >= 11 is 1.42. The molecule has 0 aliphatic rings. The number of nitrogens with one attached hydrogen (secondary N) is 2. The van der Waals surface area contributed by atoms with E-state index in [9.17, 15) is 13.2 Å². The molecule has 122 valence electrons. The van der Waals surface area contributed by atoms with Crippen molar-refractivity contribution in [1.82, 2.24) is 4.72 Å². The fraction of sp³-hybridized carbons (Fsp3) is 0.188. The first kappa shape index (κ1) is 17.5. The van der Waals surface area contributed by atoms with E-state index in [1.165, 1.54) is 24.9 Å². The second kappa shape index (κ2) is 7.63. The van der Waals surface area contributed by atoms with E-state index in [1.807, 2.05) is 30.3 Å². The van der Waals surface area contributed by atoms with Gasteiger partial charge in [0.1, 0.15) is 0 Å². The van der Waals surface area contributed by atoms with Crippen LogP contribution in [-0.4, -0.2) is 27.1 Å². The number of carbonyl (C=O) groups excluding carboxylic acids is 1. The third-order valence-electron chi connectivity index (χ3n) is 3.14. The molecule has 0 aliphatic carbocycles. The SMILES string of the molecule is CNS(=O)(=O)c1cc(NC(=O)CSc2ccccc2)ccc1C. The summed E-state index contributed by atoms with van der Waals surface area (Å²) in [6.45, 7) is 1.71. The molecule has 0 aromatic heterocycles. The quantitative estimate of drug-likeness (QED) is 0.786. The van der Waals surface area contributed by atoms with E-state index in [4.69, 9.17) is 0 Å². The van der Waals surface area contributed by atoms with Gasteiger partial charge in [0.2, 0.25) is 15.9 Å². The van der Waals surface area contributed by atoms with Gasteiger partial charge in [-0.25, -0.2) is 13.1 Å². The van der Waals surface area contributed by atoms with Crippen LogP contribution in [0.5, 0.6) is 0 Å². The van der Waals surface area contributed by atoms with Gasteiger partial charge in [0.25, 0.3) is 0 Å². The minimum atomic E-state index is -3.55. The van der Waals surface area contributed by atoms with Crippen LogP contribution < -0.4 is 10.0 Å². The van der Waals surface area contributed by atoms with Crippen LogP contribution in [0.15, 0.2) is 58.3 Å². The summed E-state index contributed by atoms with van der Waals surface area (Å²) in [5.74, 6) is 0.0712. The number of hydrogen-bond donors (Lipinski definition) is 2. The first-order valence-electron chi connectivity index (χ1n) is 6.94. The van der Waals surface area contributed by atoms with Crippen LogP contribution in [0.2, 0.25) is 0 Å². The van der Waals surface area contributed by atoms with Crippen molar-refractivity contribution < 1.29 is 13.2 Å². The van der Waals surface area contributed by atoms with Crippen LogP contribution in [-0.2, 0) is 14.8 Å². The van der Waals surface area contributed by atoms with Crippen molar-refractivity contribution in [3.63, 3.8) is 0 Å². The first-order chi connectivity index (χ1) is 10.9. The predicted molar refractivity (Wildman–Crippen MR) is 93.2 cm³/mol. The molecule has 2 aromatic rings. The number of amides is 1. The highest BCUT2D eigenvalue weighted by molar-refractivity contribution is 8.00. The van der Waals surface area contributed by atoms with Gasteiger partial charge in [-0.1, -0.05) is 24.3 Å². The highest BCUT2D eigenvalue weighted by Crippen LogP contribution is 2.21. The lowest BCUT2D eigenvalue weighted by Gasteiger charge is -2.10. The number of aryl methyl sites for hydroxylation is 1. The molecular formula is C16H18N2O3S2. The molecule has 1 amide bonds. The van der Waals surface area contributed by atoms with Crippen molar-refractivity contribution in [3.8, 4) is 0 Å². The molecule has 2 aromatic carbocycles. The topological polar surface area (TPSA) is 75.3 Å². The summed E-state index contributed by atoms with van der Waals surface area (Å²) in [6, 6.07) is 14.4. The molecule has 2 N–H and O–H groups in total. The van der Waals surface area contributed by atoms with Gasteiger partial charge in [0.15, 0.2) is 0 Å². The van der Waals surface area contributed by atoms with Gasteiger partial charge in [-0.2, -0.15) is 0 Å². The summed E-state index contributed by atoms with van der Waals surface area (Å²) in [5.41, 5.74) is 1.08. The van der Waals surface area contributed by atoms with E-state index in [0.717, 1.165) is 4.90 Å². The number of sulfonamides is 1. The Morgan fingerprint density at radius 3 is 2.48 bits per heavy atom. The van der Waals surface area contributed by atoms with E-state index in [2.05, 4.69) is 10.0 Å². The monoisotopic (exact) mass is 350 g/mol. The number of rotatable bonds is 6. The van der Waals surface area contributed by atoms with Gasteiger partial charge in [0.05, 0.1) is 10.6 Å². The molecule has 0 saturated heterocycles. The molecule has 0 spiro atoms. The average molecular weight is 350 g/mol. The van der Waals surface area contributed by atoms with Gasteiger partial charge in [0, 0.05) is 10.6 Å². The molecular weight excluding hydrogens is 332 g/mol. The zero-order valence-corrected chi connectivity index (χ0v) is 14.5. The second-order valence-corrected chi connectivity index (χ2v) is 7.74. The lowest BCUT2D eigenvalue weighted by atomic mass is 10.2. The molecule has 23 heavy (non-hydrogen) atoms. The summed E-state index contributed by atoms with van der Waals surface area (Å²) in [7, 11) is -2.19. The molecule has 0 heterocycles. The maximum absolute atomic E-state index is 12.0. The predicted octanol–water partition coefficient (Wildman–Crippen LogP) is 2.63. The minimum absolute atomic E-state index is 0.161. The Bertz CT molecular complexity index is 790. The van der Waals surface area contributed by atoms with Crippen LogP contribution >= 0.6 is 11.8 Å². The molecule has 0 saturated carbocycles. The summed E-state index contributed by atoms with van der Waals surface area (Å²) < 4.78 is 26.2. The van der Waals surface area contributed by atoms with Crippen molar-refractivity contribution >= 4 is 33.4 Å². The van der Waals surface area contributed by atoms with E-state index in [-0.39, 0.29) is 16.6 Å². The Balaban J connectivity index is 2.05. The Hall–Kier alpha value is -1.83. The molecule has 0 radical (unpaired) electrons. The smallest absolute Gasteiger partial charge is 0.240 e. The molecule has 0 bridgehead atoms. The molecule has 0 atom stereocenters. The van der Waals surface area contributed by atoms with Crippen molar-refractivity contribution in [2.45, 2.75) is 16.7 Å². The zero-order valence-electron chi connectivity index (χ0n) is 12.9. The molecule has 2 rings (SSSR count). The van der Waals surface area contributed by atoms with Crippen molar-refractivity contribution in [1.29, 1.82) is 0 Å². The van der Waals surface area contributed by atoms with Crippen LogP contribution in [0.3, 0.4) is 0 Å². The highest BCUT2D eigenvalue weighted by Gasteiger charge is 2.15. The van der Waals surface area contributed by atoms with Crippen LogP contribution in [0, 0.1) is 6.92 Å². The fourth-order valence-corrected chi connectivity index (χ4v) is 3.65. The van der Waals surface area contributed by atoms with Crippen LogP contribution in [0.1, 0.15) is 5.56 Å². The van der Waals surface area contributed by atoms with Gasteiger partial charge in [-0.15, -0.1) is 11.8 Å². The maximum Gasteiger partial charge on any atom is 0.240 e. The van der Waals surface area contributed by atoms with E-state index < -0.39 is 10.0 Å². The summed E-state index contributed by atoms with van der Waals surface area (Å²) in [4.78, 5) is 13.2. The Kier molecular flexibility index (Phi) is 5.81. The van der Waals surface area contributed by atoms with Crippen LogP contribution in [0.25, 0.3) is 0 Å². The Morgan fingerprint density at radius 1 is 1.13 bits per heavy atom. The minimum Gasteiger partial charge on any atom is -0.325 e. The van der Waals surface area contributed by atoms with Crippen molar-refractivity contribution in [2.24, 2.45) is 0 Å². The van der Waals surface area contributed by atoms with Crippen molar-refractivity contribution in [2.75, 3.05) is 18.1 Å². The molecule has 7 heteroatoms. The average Bonchev–Trinajstić information content (AvgIpc) is 2.55. The van der Waals surface area contributed by atoms with Crippen LogP contribution in [0.4, 0.5) is 5.69 Å². The third kappa shape index (κ3) is 4.82. The normalized spacial score (nSPS) is 11.2. The standard InChI is InChI=1S/C16H18N2O3S2/c1-12-8-9-13(10-15(12)23(20,21)17-2)18-16(19)11-22-14-6-4-3-5-7-14/h3-10,17H,11H2,1-2H3,(H,18,19). The lowest BCUT2D eigenvalue weighted by Crippen LogP contribution is -2.20. The molecule has 5 nitrogen and oxygen atoms in total. The summed E-state index contributed by atoms with van der Waals surface area (Å²) in [6.07, 6.45) is 0. The number of thioether (sulfide) groups is 1. The zero-order chi connectivity index (χ0) is 16.9. The number of hydrogen-bond acceptors (Lipinski definition) is 4. The van der Waals surface area contributed by atoms with Gasteiger partial charge < -0.3 is 5.32 Å². The second-order valence-electron chi connectivity index (χ2n) is 4.84. The Morgan fingerprint density at radius 2 is 1.83 bits per heavy atom. The maximum atomic E-state index is 12.0. The number of carbonyl (C=O) groups is 1. The highest BCUT2D eigenvalue weighted by atomic mass is 32.2. The number of anilines is 1. The molecule has 0 unspecified atom stereocenters. The van der Waals surface area contributed by atoms with Crippen molar-refractivity contribution in [3.05, 3.63) is 54.1 Å². The summed E-state index contributed by atoms with van der Waals surface area (Å²) in [5, 5.41) is 2.72. The molecule has 0 fully saturated rings. The largest absolute Gasteiger partial charge is 0.325 e. The Labute approximate surface area is 140 Å². The number of benzene rings is 2. The van der Waals surface area contributed by atoms with E-state index in [0.29, 0.717) is 11.3 Å². The van der Waals surface area contributed by atoms with E-state index in [1.54, 1.807) is 19.1 Å². The van der Waals surface area contributed by atoms with E-state index >= 15 is 0 Å². The lowest BCUT2D eigenvalue weighted by molar-refractivity contribution is -0.113. The van der Waals surface area contributed by atoms with Gasteiger partial charge in [-0.3, -0.25) is 4.79 Å².